The quantitative estimate of drug-likeness (QED) is 0.878. The van der Waals surface area contributed by atoms with Crippen LogP contribution in [0.15, 0.2) is 16.7 Å². The zero-order chi connectivity index (χ0) is 14.8. The first-order valence-electron chi connectivity index (χ1n) is 5.67. The van der Waals surface area contributed by atoms with Crippen molar-refractivity contribution in [2.75, 3.05) is 5.32 Å². The first kappa shape index (κ1) is 14.6. The molecule has 9 heteroatoms. The lowest BCUT2D eigenvalue weighted by Crippen LogP contribution is -2.13. The molecule has 2 heterocycles. The fraction of sp³-hybridized carbons (Fsp3) is 0.364. The molecule has 0 unspecified atom stereocenters. The molecule has 5 nitrogen and oxygen atoms in total. The van der Waals surface area contributed by atoms with Gasteiger partial charge in [0.1, 0.15) is 16.7 Å². The van der Waals surface area contributed by atoms with E-state index >= 15 is 0 Å². The molecule has 0 saturated carbocycles. The third kappa shape index (κ3) is 3.60. The van der Waals surface area contributed by atoms with E-state index in [1.54, 1.807) is 6.20 Å². The Kier molecular flexibility index (Phi) is 4.12. The number of hydrogen-bond acceptors (Lipinski definition) is 5. The number of aryl methyl sites for hydroxylation is 1. The minimum Gasteiger partial charge on any atom is -0.444 e. The van der Waals surface area contributed by atoms with Gasteiger partial charge >= 0.3 is 6.18 Å². The van der Waals surface area contributed by atoms with E-state index in [4.69, 9.17) is 16.0 Å². The zero-order valence-corrected chi connectivity index (χ0v) is 11.1. The summed E-state index contributed by atoms with van der Waals surface area (Å²) in [6.45, 7) is 2.00. The van der Waals surface area contributed by atoms with Crippen molar-refractivity contribution >= 4 is 17.4 Å². The van der Waals surface area contributed by atoms with Gasteiger partial charge in [-0.05, 0) is 0 Å². The normalized spacial score (nSPS) is 11.7. The molecule has 0 bridgehead atoms. The molecule has 0 amide bonds. The van der Waals surface area contributed by atoms with Crippen LogP contribution in [-0.2, 0) is 19.1 Å². The molecule has 2 aromatic rings. The van der Waals surface area contributed by atoms with E-state index in [2.05, 4.69) is 20.3 Å². The molecule has 0 aliphatic rings. The van der Waals surface area contributed by atoms with Gasteiger partial charge in [0.25, 0.3) is 0 Å². The summed E-state index contributed by atoms with van der Waals surface area (Å²) >= 11 is 5.53. The SMILES string of the molecule is CCc1cnc(CNc2cc(Cl)nc(C(F)(F)F)n2)o1. The average Bonchev–Trinajstić information content (AvgIpc) is 2.82. The van der Waals surface area contributed by atoms with Crippen LogP contribution in [0.2, 0.25) is 5.15 Å². The number of halogens is 4. The number of nitrogens with one attached hydrogen (secondary N) is 1. The molecule has 0 fully saturated rings. The molecular weight excluding hydrogens is 297 g/mol. The van der Waals surface area contributed by atoms with Crippen LogP contribution in [0.4, 0.5) is 19.0 Å². The van der Waals surface area contributed by atoms with Crippen molar-refractivity contribution in [3.8, 4) is 0 Å². The molecule has 0 saturated heterocycles. The molecule has 0 aliphatic carbocycles. The third-order valence-electron chi connectivity index (χ3n) is 2.32. The van der Waals surface area contributed by atoms with Crippen LogP contribution in [0, 0.1) is 0 Å². The number of hydrogen-bond donors (Lipinski definition) is 1. The molecule has 0 spiro atoms. The molecule has 2 aromatic heterocycles. The predicted molar refractivity (Wildman–Crippen MR) is 65.3 cm³/mol. The van der Waals surface area contributed by atoms with Gasteiger partial charge in [-0.1, -0.05) is 18.5 Å². The highest BCUT2D eigenvalue weighted by Crippen LogP contribution is 2.28. The number of nitrogens with zero attached hydrogens (tertiary/aromatic N) is 3. The van der Waals surface area contributed by atoms with Crippen LogP contribution in [0.3, 0.4) is 0 Å². The number of aromatic nitrogens is 3. The fourth-order valence-corrected chi connectivity index (χ4v) is 1.58. The first-order valence-corrected chi connectivity index (χ1v) is 6.05. The Hall–Kier alpha value is -1.83. The summed E-state index contributed by atoms with van der Waals surface area (Å²) in [4.78, 5) is 10.4. The summed E-state index contributed by atoms with van der Waals surface area (Å²) in [5.41, 5.74) is 0. The monoisotopic (exact) mass is 306 g/mol. The molecule has 20 heavy (non-hydrogen) atoms. The lowest BCUT2D eigenvalue weighted by molar-refractivity contribution is -0.144. The number of alkyl halides is 3. The second-order valence-electron chi connectivity index (χ2n) is 3.82. The minimum absolute atomic E-state index is 0.0476. The average molecular weight is 307 g/mol. The topological polar surface area (TPSA) is 63.8 Å². The minimum atomic E-state index is -4.65. The highest BCUT2D eigenvalue weighted by molar-refractivity contribution is 6.29. The van der Waals surface area contributed by atoms with Crippen LogP contribution in [-0.4, -0.2) is 15.0 Å². The second kappa shape index (κ2) is 5.66. The van der Waals surface area contributed by atoms with Gasteiger partial charge in [0.15, 0.2) is 0 Å². The van der Waals surface area contributed by atoms with Crippen molar-refractivity contribution in [2.45, 2.75) is 26.1 Å². The van der Waals surface area contributed by atoms with Crippen molar-refractivity contribution < 1.29 is 17.6 Å². The Morgan fingerprint density at radius 3 is 2.70 bits per heavy atom. The van der Waals surface area contributed by atoms with Gasteiger partial charge in [-0.25, -0.2) is 15.0 Å². The van der Waals surface area contributed by atoms with E-state index in [1.807, 2.05) is 6.92 Å². The number of anilines is 1. The van der Waals surface area contributed by atoms with Gasteiger partial charge in [0.2, 0.25) is 11.7 Å². The zero-order valence-electron chi connectivity index (χ0n) is 10.3. The molecule has 0 atom stereocenters. The standard InChI is InChI=1S/C11H10ClF3N4O/c1-2-6-4-17-9(20-6)5-16-8-3-7(12)18-10(19-8)11(13,14)15/h3-4H,2,5H2,1H3,(H,16,18,19). The number of oxazole rings is 1. The summed E-state index contributed by atoms with van der Waals surface area (Å²) in [5.74, 6) is -0.300. The highest BCUT2D eigenvalue weighted by atomic mass is 35.5. The van der Waals surface area contributed by atoms with Crippen molar-refractivity contribution in [1.82, 2.24) is 15.0 Å². The molecule has 1 N–H and O–H groups in total. The van der Waals surface area contributed by atoms with Crippen LogP contribution in [0.5, 0.6) is 0 Å². The summed E-state index contributed by atoms with van der Waals surface area (Å²) in [5, 5.41) is 2.36. The summed E-state index contributed by atoms with van der Waals surface area (Å²) in [6, 6.07) is 1.19. The van der Waals surface area contributed by atoms with E-state index < -0.39 is 12.0 Å². The van der Waals surface area contributed by atoms with Crippen molar-refractivity contribution in [2.24, 2.45) is 0 Å². The predicted octanol–water partition coefficient (Wildman–Crippen LogP) is 3.31. The first-order chi connectivity index (χ1) is 9.38. The van der Waals surface area contributed by atoms with Crippen molar-refractivity contribution in [3.05, 3.63) is 34.9 Å². The summed E-state index contributed by atoms with van der Waals surface area (Å²) in [7, 11) is 0. The Morgan fingerprint density at radius 2 is 2.10 bits per heavy atom. The third-order valence-corrected chi connectivity index (χ3v) is 2.51. The Balaban J connectivity index is 2.11. The second-order valence-corrected chi connectivity index (χ2v) is 4.21. The molecular formula is C11H10ClF3N4O. The van der Waals surface area contributed by atoms with Crippen LogP contribution in [0.25, 0.3) is 0 Å². The van der Waals surface area contributed by atoms with E-state index in [9.17, 15) is 13.2 Å². The fourth-order valence-electron chi connectivity index (χ4n) is 1.39. The van der Waals surface area contributed by atoms with Gasteiger partial charge < -0.3 is 9.73 Å². The van der Waals surface area contributed by atoms with E-state index in [0.29, 0.717) is 18.1 Å². The summed E-state index contributed by atoms with van der Waals surface area (Å²) in [6.07, 6.45) is -2.41. The maximum absolute atomic E-state index is 12.5. The van der Waals surface area contributed by atoms with Crippen molar-refractivity contribution in [1.29, 1.82) is 0 Å². The van der Waals surface area contributed by atoms with E-state index in [-0.39, 0.29) is 17.5 Å². The molecule has 0 radical (unpaired) electrons. The Morgan fingerprint density at radius 1 is 1.35 bits per heavy atom. The highest BCUT2D eigenvalue weighted by Gasteiger charge is 2.35. The maximum atomic E-state index is 12.5. The molecule has 0 aliphatic heterocycles. The maximum Gasteiger partial charge on any atom is 0.451 e. The summed E-state index contributed by atoms with van der Waals surface area (Å²) < 4.78 is 42.9. The lowest BCUT2D eigenvalue weighted by Gasteiger charge is -2.08. The Bertz CT molecular complexity index is 600. The molecule has 2 rings (SSSR count). The molecule has 0 aromatic carbocycles. The lowest BCUT2D eigenvalue weighted by atomic mass is 10.4. The largest absolute Gasteiger partial charge is 0.451 e. The van der Waals surface area contributed by atoms with Crippen LogP contribution < -0.4 is 5.32 Å². The Labute approximate surface area is 117 Å². The van der Waals surface area contributed by atoms with Gasteiger partial charge in [0, 0.05) is 12.5 Å². The van der Waals surface area contributed by atoms with E-state index in [0.717, 1.165) is 0 Å². The van der Waals surface area contributed by atoms with E-state index in [1.165, 1.54) is 6.07 Å². The van der Waals surface area contributed by atoms with Gasteiger partial charge in [-0.2, -0.15) is 13.2 Å². The van der Waals surface area contributed by atoms with Gasteiger partial charge in [-0.3, -0.25) is 0 Å². The smallest absolute Gasteiger partial charge is 0.444 e. The van der Waals surface area contributed by atoms with Crippen molar-refractivity contribution in [3.63, 3.8) is 0 Å². The number of rotatable bonds is 4. The van der Waals surface area contributed by atoms with Gasteiger partial charge in [0.05, 0.1) is 12.7 Å². The van der Waals surface area contributed by atoms with Gasteiger partial charge in [-0.15, -0.1) is 0 Å². The molecule has 108 valence electrons. The van der Waals surface area contributed by atoms with Crippen LogP contribution in [0.1, 0.15) is 24.4 Å². The van der Waals surface area contributed by atoms with Crippen LogP contribution >= 0.6 is 11.6 Å².